The molecular weight excluding hydrogens is 294 g/mol. The number of nitrogens with zero attached hydrogens (tertiary/aromatic N) is 1. The maximum absolute atomic E-state index is 12.5. The van der Waals surface area contributed by atoms with E-state index in [1.54, 1.807) is 24.3 Å². The van der Waals surface area contributed by atoms with Gasteiger partial charge in [0.2, 0.25) is 0 Å². The lowest BCUT2D eigenvalue weighted by atomic mass is 9.95. The van der Waals surface area contributed by atoms with Gasteiger partial charge in [-0.15, -0.1) is 0 Å². The van der Waals surface area contributed by atoms with E-state index >= 15 is 0 Å². The van der Waals surface area contributed by atoms with Gasteiger partial charge in [0.15, 0.2) is 0 Å². The number of carbonyl (C=O) groups excluding carboxylic acids is 3. The van der Waals surface area contributed by atoms with E-state index in [9.17, 15) is 14.4 Å². The highest BCUT2D eigenvalue weighted by Crippen LogP contribution is 2.30. The second-order valence-electron chi connectivity index (χ2n) is 5.53. The van der Waals surface area contributed by atoms with E-state index < -0.39 is 17.8 Å². The van der Waals surface area contributed by atoms with Gasteiger partial charge in [-0.25, -0.2) is 4.79 Å². The van der Waals surface area contributed by atoms with Gasteiger partial charge in [-0.05, 0) is 23.9 Å². The molecule has 0 N–H and O–H groups in total. The minimum absolute atomic E-state index is 0.191. The van der Waals surface area contributed by atoms with Gasteiger partial charge in [0.25, 0.3) is 11.8 Å². The van der Waals surface area contributed by atoms with Crippen LogP contribution in [0.15, 0.2) is 36.4 Å². The third-order valence-corrected chi connectivity index (χ3v) is 3.91. The first-order valence-electron chi connectivity index (χ1n) is 7.74. The van der Waals surface area contributed by atoms with E-state index in [1.807, 2.05) is 19.1 Å². The number of carbonyl (C=O) groups is 3. The molecular formula is C18H17NO4. The molecule has 5 nitrogen and oxygen atoms in total. The molecule has 3 rings (SSSR count). The normalized spacial score (nSPS) is 13.5. The number of benzene rings is 2. The number of hydrogen-bond donors (Lipinski definition) is 0. The molecule has 0 spiro atoms. The van der Waals surface area contributed by atoms with Crippen LogP contribution in [0.4, 0.5) is 0 Å². The van der Waals surface area contributed by atoms with Crippen LogP contribution >= 0.6 is 0 Å². The third kappa shape index (κ3) is 2.70. The summed E-state index contributed by atoms with van der Waals surface area (Å²) in [4.78, 5) is 41.9. The molecule has 1 aliphatic rings. The molecule has 2 aromatic carbocycles. The zero-order chi connectivity index (χ0) is 16.4. The summed E-state index contributed by atoms with van der Waals surface area (Å²) in [7, 11) is 0. The molecule has 118 valence electrons. The van der Waals surface area contributed by atoms with Crippen molar-refractivity contribution in [2.45, 2.75) is 32.6 Å². The van der Waals surface area contributed by atoms with Crippen LogP contribution in [-0.2, 0) is 9.63 Å². The molecule has 5 heteroatoms. The Bertz CT molecular complexity index is 746. The molecule has 0 atom stereocenters. The standard InChI is InChI=1S/C18H17NO4/c1-2-3-4-11-15(20)23-19-17(21)13-9-5-7-12-8-6-10-14(16(12)13)18(19)22/h5-10H,2-4,11H2,1H3. The Labute approximate surface area is 133 Å². The summed E-state index contributed by atoms with van der Waals surface area (Å²) in [6.45, 7) is 2.03. The highest BCUT2D eigenvalue weighted by Gasteiger charge is 2.35. The highest BCUT2D eigenvalue weighted by molar-refractivity contribution is 6.25. The highest BCUT2D eigenvalue weighted by atomic mass is 16.7. The van der Waals surface area contributed by atoms with Gasteiger partial charge >= 0.3 is 5.97 Å². The fourth-order valence-corrected chi connectivity index (χ4v) is 2.76. The van der Waals surface area contributed by atoms with Crippen LogP contribution in [0.2, 0.25) is 0 Å². The smallest absolute Gasteiger partial charge is 0.330 e. The van der Waals surface area contributed by atoms with Crippen molar-refractivity contribution in [1.82, 2.24) is 5.06 Å². The fraction of sp³-hybridized carbons (Fsp3) is 0.278. The van der Waals surface area contributed by atoms with Gasteiger partial charge in [-0.2, -0.15) is 0 Å². The first kappa shape index (κ1) is 15.2. The molecule has 0 fully saturated rings. The molecule has 2 amide bonds. The Hall–Kier alpha value is -2.69. The predicted octanol–water partition coefficient (Wildman–Crippen LogP) is 3.47. The van der Waals surface area contributed by atoms with Crippen molar-refractivity contribution in [3.8, 4) is 0 Å². The second kappa shape index (κ2) is 6.20. The molecule has 1 aliphatic heterocycles. The Morgan fingerprint density at radius 3 is 2.17 bits per heavy atom. The minimum Gasteiger partial charge on any atom is -0.330 e. The van der Waals surface area contributed by atoms with Crippen molar-refractivity contribution < 1.29 is 19.2 Å². The summed E-state index contributed by atoms with van der Waals surface area (Å²) in [5.41, 5.74) is 0.748. The van der Waals surface area contributed by atoms with Crippen LogP contribution in [0.3, 0.4) is 0 Å². The Morgan fingerprint density at radius 1 is 1.00 bits per heavy atom. The van der Waals surface area contributed by atoms with Crippen molar-refractivity contribution >= 4 is 28.6 Å². The summed E-state index contributed by atoms with van der Waals surface area (Å²) in [6, 6.07) is 10.5. The largest absolute Gasteiger partial charge is 0.333 e. The van der Waals surface area contributed by atoms with Gasteiger partial charge in [-0.3, -0.25) is 9.59 Å². The molecule has 0 aliphatic carbocycles. The van der Waals surface area contributed by atoms with Gasteiger partial charge in [0.1, 0.15) is 0 Å². The zero-order valence-corrected chi connectivity index (χ0v) is 12.9. The fourth-order valence-electron chi connectivity index (χ4n) is 2.76. The maximum atomic E-state index is 12.5. The Morgan fingerprint density at radius 2 is 1.61 bits per heavy atom. The van der Waals surface area contributed by atoms with Crippen molar-refractivity contribution in [2.24, 2.45) is 0 Å². The van der Waals surface area contributed by atoms with Crippen LogP contribution in [0.5, 0.6) is 0 Å². The summed E-state index contributed by atoms with van der Waals surface area (Å²) in [6.07, 6.45) is 2.75. The average molecular weight is 311 g/mol. The van der Waals surface area contributed by atoms with Crippen molar-refractivity contribution in [3.05, 3.63) is 47.5 Å². The number of amides is 2. The third-order valence-electron chi connectivity index (χ3n) is 3.91. The SMILES string of the molecule is CCCCCC(=O)ON1C(=O)c2cccc3cccc(c23)C1=O. The molecule has 23 heavy (non-hydrogen) atoms. The summed E-state index contributed by atoms with van der Waals surface area (Å²) < 4.78 is 0. The topological polar surface area (TPSA) is 63.7 Å². The van der Waals surface area contributed by atoms with E-state index in [0.29, 0.717) is 28.0 Å². The number of rotatable bonds is 5. The number of hydrogen-bond acceptors (Lipinski definition) is 4. The molecule has 0 saturated carbocycles. The Kier molecular flexibility index (Phi) is 4.10. The first-order chi connectivity index (χ1) is 11.1. The summed E-state index contributed by atoms with van der Waals surface area (Å²) >= 11 is 0. The lowest BCUT2D eigenvalue weighted by Gasteiger charge is -2.25. The van der Waals surface area contributed by atoms with E-state index in [4.69, 9.17) is 4.84 Å². The van der Waals surface area contributed by atoms with Gasteiger partial charge in [0.05, 0.1) is 11.1 Å². The van der Waals surface area contributed by atoms with Crippen LogP contribution in [-0.4, -0.2) is 22.8 Å². The summed E-state index contributed by atoms with van der Waals surface area (Å²) in [5.74, 6) is -1.75. The minimum atomic E-state index is -0.594. The monoisotopic (exact) mass is 311 g/mol. The van der Waals surface area contributed by atoms with Crippen LogP contribution < -0.4 is 0 Å². The predicted molar refractivity (Wildman–Crippen MR) is 84.7 cm³/mol. The van der Waals surface area contributed by atoms with Crippen LogP contribution in [0.1, 0.15) is 53.3 Å². The number of imide groups is 1. The number of hydroxylamine groups is 2. The first-order valence-corrected chi connectivity index (χ1v) is 7.74. The molecule has 0 unspecified atom stereocenters. The van der Waals surface area contributed by atoms with E-state index in [0.717, 1.165) is 18.2 Å². The second-order valence-corrected chi connectivity index (χ2v) is 5.53. The zero-order valence-electron chi connectivity index (χ0n) is 12.9. The van der Waals surface area contributed by atoms with Crippen molar-refractivity contribution in [3.63, 3.8) is 0 Å². The number of unbranched alkanes of at least 4 members (excludes halogenated alkanes) is 2. The maximum Gasteiger partial charge on any atom is 0.333 e. The quantitative estimate of drug-likeness (QED) is 0.626. The van der Waals surface area contributed by atoms with E-state index in [2.05, 4.69) is 0 Å². The molecule has 0 radical (unpaired) electrons. The van der Waals surface area contributed by atoms with Crippen molar-refractivity contribution in [1.29, 1.82) is 0 Å². The van der Waals surface area contributed by atoms with Crippen molar-refractivity contribution in [2.75, 3.05) is 0 Å². The van der Waals surface area contributed by atoms with Gasteiger partial charge in [0, 0.05) is 11.8 Å². The van der Waals surface area contributed by atoms with Crippen LogP contribution in [0, 0.1) is 0 Å². The summed E-state index contributed by atoms with van der Waals surface area (Å²) in [5, 5.41) is 2.02. The molecule has 0 aromatic heterocycles. The lowest BCUT2D eigenvalue weighted by molar-refractivity contribution is -0.169. The Balaban J connectivity index is 1.90. The molecule has 0 saturated heterocycles. The molecule has 0 bridgehead atoms. The van der Waals surface area contributed by atoms with Crippen LogP contribution in [0.25, 0.3) is 10.8 Å². The molecule has 2 aromatic rings. The molecule has 1 heterocycles. The van der Waals surface area contributed by atoms with E-state index in [-0.39, 0.29) is 6.42 Å². The van der Waals surface area contributed by atoms with Gasteiger partial charge < -0.3 is 4.84 Å². The van der Waals surface area contributed by atoms with Gasteiger partial charge in [-0.1, -0.05) is 49.1 Å². The lowest BCUT2D eigenvalue weighted by Crippen LogP contribution is -2.41. The average Bonchev–Trinajstić information content (AvgIpc) is 2.56. The van der Waals surface area contributed by atoms with E-state index in [1.165, 1.54) is 0 Å².